The zero-order valence-electron chi connectivity index (χ0n) is 11.6. The molecule has 5 nitrogen and oxygen atoms in total. The van der Waals surface area contributed by atoms with Crippen LogP contribution in [0.4, 0.5) is 6.01 Å². The molecule has 3 aromatic rings. The van der Waals surface area contributed by atoms with Crippen LogP contribution in [0.2, 0.25) is 15.1 Å². The zero-order valence-corrected chi connectivity index (χ0v) is 13.9. The number of anilines is 1. The lowest BCUT2D eigenvalue weighted by Gasteiger charge is -2.10. The highest BCUT2D eigenvalue weighted by molar-refractivity contribution is 6.35. The van der Waals surface area contributed by atoms with E-state index in [9.17, 15) is 0 Å². The van der Waals surface area contributed by atoms with E-state index in [-0.39, 0.29) is 18.5 Å². The fraction of sp³-hybridized carbons (Fsp3) is 0.0667. The number of nitrogens with two attached hydrogens (primary N) is 1. The molecule has 0 amide bonds. The molecule has 0 saturated carbocycles. The summed E-state index contributed by atoms with van der Waals surface area (Å²) in [5.41, 5.74) is 6.86. The van der Waals surface area contributed by atoms with E-state index in [4.69, 9.17) is 49.7 Å². The molecular formula is C15H10Cl3N3O2. The van der Waals surface area contributed by atoms with E-state index in [1.807, 2.05) is 0 Å². The van der Waals surface area contributed by atoms with Gasteiger partial charge in [0.15, 0.2) is 0 Å². The highest BCUT2D eigenvalue weighted by Crippen LogP contribution is 2.31. The second-order valence-corrected chi connectivity index (χ2v) is 5.87. The number of ether oxygens (including phenoxy) is 1. The minimum atomic E-state index is -0.00571. The fourth-order valence-electron chi connectivity index (χ4n) is 1.90. The van der Waals surface area contributed by atoms with Crippen molar-refractivity contribution in [2.45, 2.75) is 6.61 Å². The van der Waals surface area contributed by atoms with Crippen LogP contribution in [-0.2, 0) is 6.61 Å². The highest BCUT2D eigenvalue weighted by Gasteiger charge is 2.11. The Kier molecular flexibility index (Phi) is 4.61. The maximum Gasteiger partial charge on any atom is 0.313 e. The summed E-state index contributed by atoms with van der Waals surface area (Å²) < 4.78 is 10.8. The van der Waals surface area contributed by atoms with Crippen LogP contribution in [0.5, 0.6) is 5.75 Å². The molecule has 8 heteroatoms. The Balaban J connectivity index is 1.76. The van der Waals surface area contributed by atoms with Gasteiger partial charge in [0.05, 0.1) is 5.02 Å². The summed E-state index contributed by atoms with van der Waals surface area (Å²) in [6.07, 6.45) is 0. The normalized spacial score (nSPS) is 10.7. The van der Waals surface area contributed by atoms with Crippen LogP contribution in [-0.4, -0.2) is 10.2 Å². The lowest BCUT2D eigenvalue weighted by molar-refractivity contribution is 0.306. The van der Waals surface area contributed by atoms with Crippen molar-refractivity contribution >= 4 is 40.8 Å². The minimum Gasteiger partial charge on any atom is -0.487 e. The SMILES string of the molecule is Nc1nnc(-c2ccc(OCc3ccc(Cl)cc3Cl)c(Cl)c2)o1. The number of nitrogens with zero attached hydrogens (tertiary/aromatic N) is 2. The van der Waals surface area contributed by atoms with Gasteiger partial charge in [-0.1, -0.05) is 46.0 Å². The molecule has 118 valence electrons. The Morgan fingerprint density at radius 2 is 1.83 bits per heavy atom. The monoisotopic (exact) mass is 369 g/mol. The quantitative estimate of drug-likeness (QED) is 0.710. The first-order chi connectivity index (χ1) is 11.0. The minimum absolute atomic E-state index is 0.00571. The molecule has 0 atom stereocenters. The summed E-state index contributed by atoms with van der Waals surface area (Å²) in [7, 11) is 0. The molecule has 0 aliphatic heterocycles. The Morgan fingerprint density at radius 3 is 2.48 bits per heavy atom. The average Bonchev–Trinajstić information content (AvgIpc) is 2.94. The molecule has 0 radical (unpaired) electrons. The van der Waals surface area contributed by atoms with Crippen LogP contribution in [0.3, 0.4) is 0 Å². The molecule has 0 spiro atoms. The number of hydrogen-bond acceptors (Lipinski definition) is 5. The van der Waals surface area contributed by atoms with Gasteiger partial charge in [0.25, 0.3) is 0 Å². The molecule has 0 fully saturated rings. The Labute approximate surface area is 146 Å². The topological polar surface area (TPSA) is 74.2 Å². The van der Waals surface area contributed by atoms with Gasteiger partial charge >= 0.3 is 6.01 Å². The summed E-state index contributed by atoms with van der Waals surface area (Å²) in [5, 5.41) is 8.91. The van der Waals surface area contributed by atoms with E-state index in [1.165, 1.54) is 0 Å². The number of rotatable bonds is 4. The predicted molar refractivity (Wildman–Crippen MR) is 90.0 cm³/mol. The van der Waals surface area contributed by atoms with Gasteiger partial charge in [0.2, 0.25) is 5.89 Å². The maximum atomic E-state index is 6.22. The summed E-state index contributed by atoms with van der Waals surface area (Å²) in [6, 6.07) is 10.3. The van der Waals surface area contributed by atoms with Crippen LogP contribution >= 0.6 is 34.8 Å². The summed E-state index contributed by atoms with van der Waals surface area (Å²) >= 11 is 18.2. The third-order valence-corrected chi connectivity index (χ3v) is 3.90. The van der Waals surface area contributed by atoms with E-state index < -0.39 is 0 Å². The van der Waals surface area contributed by atoms with Gasteiger partial charge < -0.3 is 14.9 Å². The number of nitrogen functional groups attached to an aromatic ring is 1. The average molecular weight is 371 g/mol. The molecule has 1 heterocycles. The van der Waals surface area contributed by atoms with Gasteiger partial charge in [-0.05, 0) is 30.3 Å². The van der Waals surface area contributed by atoms with Gasteiger partial charge in [-0.3, -0.25) is 0 Å². The van der Waals surface area contributed by atoms with Crippen molar-refractivity contribution in [2.24, 2.45) is 0 Å². The lowest BCUT2D eigenvalue weighted by atomic mass is 10.2. The van der Waals surface area contributed by atoms with Gasteiger partial charge in [-0.15, -0.1) is 5.10 Å². The molecule has 0 aliphatic rings. The van der Waals surface area contributed by atoms with Crippen molar-refractivity contribution in [1.82, 2.24) is 10.2 Å². The molecule has 0 saturated heterocycles. The second kappa shape index (κ2) is 6.66. The Bertz CT molecular complexity index is 852. The van der Waals surface area contributed by atoms with Gasteiger partial charge in [-0.25, -0.2) is 0 Å². The number of hydrogen-bond donors (Lipinski definition) is 1. The van der Waals surface area contributed by atoms with Crippen molar-refractivity contribution in [2.75, 3.05) is 5.73 Å². The number of halogens is 3. The van der Waals surface area contributed by atoms with Gasteiger partial charge in [0, 0.05) is 21.2 Å². The molecule has 0 unspecified atom stereocenters. The van der Waals surface area contributed by atoms with Gasteiger partial charge in [0.1, 0.15) is 12.4 Å². The van der Waals surface area contributed by atoms with Crippen LogP contribution in [0.1, 0.15) is 5.56 Å². The first kappa shape index (κ1) is 15.9. The molecule has 3 rings (SSSR count). The molecular weight excluding hydrogens is 361 g/mol. The third-order valence-electron chi connectivity index (χ3n) is 3.02. The van der Waals surface area contributed by atoms with Crippen LogP contribution < -0.4 is 10.5 Å². The molecule has 0 aliphatic carbocycles. The van der Waals surface area contributed by atoms with Crippen molar-refractivity contribution in [3.8, 4) is 17.2 Å². The van der Waals surface area contributed by atoms with E-state index in [0.717, 1.165) is 5.56 Å². The Hall–Kier alpha value is -1.95. The fourth-order valence-corrected chi connectivity index (χ4v) is 2.59. The zero-order chi connectivity index (χ0) is 16.4. The third kappa shape index (κ3) is 3.69. The Morgan fingerprint density at radius 1 is 1.00 bits per heavy atom. The van der Waals surface area contributed by atoms with Crippen molar-refractivity contribution in [3.63, 3.8) is 0 Å². The summed E-state index contributed by atoms with van der Waals surface area (Å²) in [4.78, 5) is 0. The van der Waals surface area contributed by atoms with Crippen molar-refractivity contribution in [3.05, 3.63) is 57.0 Å². The number of aromatic nitrogens is 2. The lowest BCUT2D eigenvalue weighted by Crippen LogP contribution is -1.97. The first-order valence-corrected chi connectivity index (χ1v) is 7.62. The van der Waals surface area contributed by atoms with Crippen LogP contribution in [0.15, 0.2) is 40.8 Å². The highest BCUT2D eigenvalue weighted by atomic mass is 35.5. The molecule has 0 bridgehead atoms. The van der Waals surface area contributed by atoms with E-state index in [0.29, 0.717) is 26.4 Å². The maximum absolute atomic E-state index is 6.22. The van der Waals surface area contributed by atoms with Crippen LogP contribution in [0, 0.1) is 0 Å². The largest absolute Gasteiger partial charge is 0.487 e. The molecule has 2 N–H and O–H groups in total. The standard InChI is InChI=1S/C15H10Cl3N3O2/c16-10-3-1-9(11(17)6-10)7-22-13-4-2-8(5-12(13)18)14-20-21-15(19)23-14/h1-6H,7H2,(H2,19,21). The molecule has 2 aromatic carbocycles. The van der Waals surface area contributed by atoms with Crippen LogP contribution in [0.25, 0.3) is 11.5 Å². The summed E-state index contributed by atoms with van der Waals surface area (Å²) in [5.74, 6) is 0.797. The van der Waals surface area contributed by atoms with E-state index >= 15 is 0 Å². The predicted octanol–water partition coefficient (Wildman–Crippen LogP) is 4.86. The van der Waals surface area contributed by atoms with Crippen molar-refractivity contribution < 1.29 is 9.15 Å². The summed E-state index contributed by atoms with van der Waals surface area (Å²) in [6.45, 7) is 0.266. The molecule has 1 aromatic heterocycles. The second-order valence-electron chi connectivity index (χ2n) is 4.62. The first-order valence-electron chi connectivity index (χ1n) is 6.48. The van der Waals surface area contributed by atoms with E-state index in [1.54, 1.807) is 36.4 Å². The smallest absolute Gasteiger partial charge is 0.313 e. The van der Waals surface area contributed by atoms with Crippen molar-refractivity contribution in [1.29, 1.82) is 0 Å². The number of benzene rings is 2. The van der Waals surface area contributed by atoms with Gasteiger partial charge in [-0.2, -0.15) is 0 Å². The van der Waals surface area contributed by atoms with E-state index in [2.05, 4.69) is 10.2 Å². The molecule has 23 heavy (non-hydrogen) atoms.